The summed E-state index contributed by atoms with van der Waals surface area (Å²) in [5, 5.41) is 0. The van der Waals surface area contributed by atoms with Crippen LogP contribution >= 0.6 is 0 Å². The van der Waals surface area contributed by atoms with Gasteiger partial charge < -0.3 is 9.47 Å². The highest BCUT2D eigenvalue weighted by atomic mass is 16.5. The molecule has 0 saturated carbocycles. The van der Waals surface area contributed by atoms with Gasteiger partial charge in [0, 0.05) is 0 Å². The van der Waals surface area contributed by atoms with Gasteiger partial charge in [-0.15, -0.1) is 0 Å². The summed E-state index contributed by atoms with van der Waals surface area (Å²) < 4.78 is 11.8. The van der Waals surface area contributed by atoms with Crippen molar-refractivity contribution in [1.82, 2.24) is 0 Å². The molecule has 2 nitrogen and oxygen atoms in total. The summed E-state index contributed by atoms with van der Waals surface area (Å²) in [4.78, 5) is 0. The second-order valence-corrected chi connectivity index (χ2v) is 7.12. The largest absolute Gasteiger partial charge is 0.457 e. The molecule has 26 heavy (non-hydrogen) atoms. The second kappa shape index (κ2) is 8.09. The molecule has 134 valence electrons. The molecule has 0 aliphatic rings. The van der Waals surface area contributed by atoms with Crippen LogP contribution in [0.5, 0.6) is 23.0 Å². The molecule has 0 aromatic heterocycles. The van der Waals surface area contributed by atoms with Crippen LogP contribution in [0.1, 0.15) is 50.7 Å². The van der Waals surface area contributed by atoms with E-state index in [9.17, 15) is 0 Å². The van der Waals surface area contributed by atoms with E-state index < -0.39 is 0 Å². The monoisotopic (exact) mass is 346 g/mol. The third kappa shape index (κ3) is 4.66. The normalized spacial score (nSPS) is 11.0. The average Bonchev–Trinajstić information content (AvgIpc) is 2.64. The molecule has 0 heterocycles. The van der Waals surface area contributed by atoms with E-state index in [4.69, 9.17) is 9.47 Å². The Labute approximate surface area is 156 Å². The first kappa shape index (κ1) is 18.1. The minimum atomic E-state index is 0.523. The van der Waals surface area contributed by atoms with Crippen molar-refractivity contribution in [1.29, 1.82) is 0 Å². The lowest BCUT2D eigenvalue weighted by molar-refractivity contribution is 0.469. The van der Waals surface area contributed by atoms with Gasteiger partial charge in [0.05, 0.1) is 0 Å². The molecule has 0 spiro atoms. The van der Waals surface area contributed by atoms with Crippen molar-refractivity contribution in [3.05, 3.63) is 83.9 Å². The summed E-state index contributed by atoms with van der Waals surface area (Å²) in [6, 6.07) is 24.2. The fourth-order valence-corrected chi connectivity index (χ4v) is 2.69. The molecule has 0 saturated heterocycles. The Hall–Kier alpha value is -2.74. The molecule has 0 amide bonds. The number of benzene rings is 3. The first-order valence-electron chi connectivity index (χ1n) is 9.17. The van der Waals surface area contributed by atoms with E-state index in [1.807, 2.05) is 48.5 Å². The van der Waals surface area contributed by atoms with Gasteiger partial charge >= 0.3 is 0 Å². The summed E-state index contributed by atoms with van der Waals surface area (Å²) >= 11 is 0. The summed E-state index contributed by atoms with van der Waals surface area (Å²) in [5.74, 6) is 4.32. The molecule has 0 unspecified atom stereocenters. The van der Waals surface area contributed by atoms with E-state index in [1.165, 1.54) is 11.1 Å². The van der Waals surface area contributed by atoms with E-state index in [0.717, 1.165) is 23.0 Å². The fraction of sp³-hybridized carbons (Fsp3) is 0.250. The Kier molecular flexibility index (Phi) is 5.62. The third-order valence-electron chi connectivity index (χ3n) is 4.39. The minimum Gasteiger partial charge on any atom is -0.457 e. The van der Waals surface area contributed by atoms with Gasteiger partial charge in [0.15, 0.2) is 0 Å². The number of hydrogen-bond acceptors (Lipinski definition) is 2. The van der Waals surface area contributed by atoms with Gasteiger partial charge in [-0.2, -0.15) is 0 Å². The summed E-state index contributed by atoms with van der Waals surface area (Å²) in [5.41, 5.74) is 2.62. The smallest absolute Gasteiger partial charge is 0.127 e. The predicted molar refractivity (Wildman–Crippen MR) is 108 cm³/mol. The molecule has 0 radical (unpaired) electrons. The Bertz CT molecular complexity index is 741. The maximum atomic E-state index is 5.90. The van der Waals surface area contributed by atoms with Gasteiger partial charge in [-0.3, -0.25) is 0 Å². The van der Waals surface area contributed by atoms with Crippen LogP contribution < -0.4 is 9.47 Å². The zero-order valence-electron chi connectivity index (χ0n) is 15.9. The molecule has 0 bridgehead atoms. The van der Waals surface area contributed by atoms with Crippen molar-refractivity contribution < 1.29 is 9.47 Å². The van der Waals surface area contributed by atoms with E-state index >= 15 is 0 Å². The third-order valence-corrected chi connectivity index (χ3v) is 4.39. The SMILES string of the molecule is CC(C)c1ccc(Oc2ccc(Oc3ccc(C(C)C)cc3)cc2)cc1. The Morgan fingerprint density at radius 2 is 0.654 bits per heavy atom. The highest BCUT2D eigenvalue weighted by Crippen LogP contribution is 2.28. The Morgan fingerprint density at radius 3 is 0.885 bits per heavy atom. The maximum Gasteiger partial charge on any atom is 0.127 e. The van der Waals surface area contributed by atoms with Crippen LogP contribution in [0.3, 0.4) is 0 Å². The van der Waals surface area contributed by atoms with Crippen molar-refractivity contribution in [3.63, 3.8) is 0 Å². The molecular formula is C24H26O2. The van der Waals surface area contributed by atoms with Gasteiger partial charge in [-0.05, 0) is 71.5 Å². The van der Waals surface area contributed by atoms with E-state index in [1.54, 1.807) is 0 Å². The summed E-state index contributed by atoms with van der Waals surface area (Å²) in [6.07, 6.45) is 0. The molecule has 3 aromatic carbocycles. The number of hydrogen-bond donors (Lipinski definition) is 0. The average molecular weight is 346 g/mol. The van der Waals surface area contributed by atoms with Crippen LogP contribution in [-0.2, 0) is 0 Å². The zero-order chi connectivity index (χ0) is 18.5. The molecular weight excluding hydrogens is 320 g/mol. The molecule has 0 fully saturated rings. The van der Waals surface area contributed by atoms with Gasteiger partial charge in [0.2, 0.25) is 0 Å². The minimum absolute atomic E-state index is 0.523. The van der Waals surface area contributed by atoms with Crippen molar-refractivity contribution in [3.8, 4) is 23.0 Å². The second-order valence-electron chi connectivity index (χ2n) is 7.12. The highest BCUT2D eigenvalue weighted by Gasteiger charge is 2.03. The van der Waals surface area contributed by atoms with E-state index in [0.29, 0.717) is 11.8 Å². The lowest BCUT2D eigenvalue weighted by Gasteiger charge is -2.10. The summed E-state index contributed by atoms with van der Waals surface area (Å²) in [6.45, 7) is 8.74. The van der Waals surface area contributed by atoms with Crippen molar-refractivity contribution in [2.45, 2.75) is 39.5 Å². The van der Waals surface area contributed by atoms with Gasteiger partial charge in [-0.25, -0.2) is 0 Å². The van der Waals surface area contributed by atoms with Crippen LogP contribution in [-0.4, -0.2) is 0 Å². The quantitative estimate of drug-likeness (QED) is 0.459. The number of rotatable bonds is 6. The van der Waals surface area contributed by atoms with E-state index in [-0.39, 0.29) is 0 Å². The lowest BCUT2D eigenvalue weighted by Crippen LogP contribution is -1.89. The van der Waals surface area contributed by atoms with Crippen LogP contribution in [0, 0.1) is 0 Å². The van der Waals surface area contributed by atoms with Crippen LogP contribution in [0.25, 0.3) is 0 Å². The lowest BCUT2D eigenvalue weighted by atomic mass is 10.0. The van der Waals surface area contributed by atoms with Gasteiger partial charge in [-0.1, -0.05) is 52.0 Å². The molecule has 3 aromatic rings. The standard InChI is InChI=1S/C24H26O2/c1-17(2)19-5-9-21(10-6-19)25-23-13-15-24(16-14-23)26-22-11-7-20(8-12-22)18(3)4/h5-18H,1-4H3. The van der Waals surface area contributed by atoms with Crippen LogP contribution in [0.15, 0.2) is 72.8 Å². The topological polar surface area (TPSA) is 18.5 Å². The molecule has 0 N–H and O–H groups in total. The maximum absolute atomic E-state index is 5.90. The first-order valence-corrected chi connectivity index (χ1v) is 9.17. The molecule has 0 aliphatic heterocycles. The van der Waals surface area contributed by atoms with E-state index in [2.05, 4.69) is 52.0 Å². The number of ether oxygens (including phenoxy) is 2. The van der Waals surface area contributed by atoms with Crippen molar-refractivity contribution in [2.75, 3.05) is 0 Å². The Morgan fingerprint density at radius 1 is 0.423 bits per heavy atom. The van der Waals surface area contributed by atoms with Crippen molar-refractivity contribution >= 4 is 0 Å². The molecule has 3 rings (SSSR count). The van der Waals surface area contributed by atoms with Crippen molar-refractivity contribution in [2.24, 2.45) is 0 Å². The molecule has 2 heteroatoms. The van der Waals surface area contributed by atoms with Gasteiger partial charge in [0.25, 0.3) is 0 Å². The highest BCUT2D eigenvalue weighted by molar-refractivity contribution is 5.39. The molecule has 0 atom stereocenters. The fourth-order valence-electron chi connectivity index (χ4n) is 2.69. The van der Waals surface area contributed by atoms with Crippen LogP contribution in [0.4, 0.5) is 0 Å². The predicted octanol–water partition coefficient (Wildman–Crippen LogP) is 7.52. The van der Waals surface area contributed by atoms with Gasteiger partial charge in [0.1, 0.15) is 23.0 Å². The summed E-state index contributed by atoms with van der Waals surface area (Å²) in [7, 11) is 0. The Balaban J connectivity index is 1.62. The first-order chi connectivity index (χ1) is 12.5. The van der Waals surface area contributed by atoms with Crippen LogP contribution in [0.2, 0.25) is 0 Å². The zero-order valence-corrected chi connectivity index (χ0v) is 15.9. The molecule has 0 aliphatic carbocycles.